The van der Waals surface area contributed by atoms with Crippen LogP contribution in [0.3, 0.4) is 0 Å². The van der Waals surface area contributed by atoms with E-state index in [1.54, 1.807) is 22.7 Å². The highest BCUT2D eigenvalue weighted by atomic mass is 32.1. The van der Waals surface area contributed by atoms with Crippen LogP contribution in [0.25, 0.3) is 22.5 Å². The van der Waals surface area contributed by atoms with Gasteiger partial charge in [0, 0.05) is 23.8 Å². The molecule has 0 fully saturated rings. The van der Waals surface area contributed by atoms with Gasteiger partial charge in [0.2, 0.25) is 9.60 Å². The minimum atomic E-state index is 0.675. The van der Waals surface area contributed by atoms with Crippen molar-refractivity contribution in [1.29, 1.82) is 0 Å². The molecule has 0 aliphatic heterocycles. The summed E-state index contributed by atoms with van der Waals surface area (Å²) >= 11 is 3.17. The van der Waals surface area contributed by atoms with Gasteiger partial charge in [0.05, 0.1) is 11.4 Å². The molecular weight excluding hydrogens is 408 g/mol. The van der Waals surface area contributed by atoms with Crippen LogP contribution in [0.1, 0.15) is 0 Å². The molecule has 0 unspecified atom stereocenters. The zero-order valence-electron chi connectivity index (χ0n) is 16.5. The molecule has 2 aromatic carbocycles. The topological polar surface area (TPSA) is 34.6 Å². The Hall–Kier alpha value is -3.22. The van der Waals surface area contributed by atoms with Crippen molar-refractivity contribution in [2.75, 3.05) is 0 Å². The van der Waals surface area contributed by atoms with Gasteiger partial charge in [0.15, 0.2) is 0 Å². The Balaban J connectivity index is 1.82. The van der Waals surface area contributed by atoms with Gasteiger partial charge < -0.3 is 9.13 Å². The molecule has 2 heterocycles. The predicted octanol–water partition coefficient (Wildman–Crippen LogP) is 5.54. The van der Waals surface area contributed by atoms with E-state index in [-0.39, 0.29) is 0 Å². The molecule has 0 aliphatic rings. The molecule has 150 valence electrons. The number of hydrogen-bond donors (Lipinski definition) is 0. The summed E-state index contributed by atoms with van der Waals surface area (Å²) in [6.45, 7) is 9.16. The molecule has 4 rings (SSSR count). The maximum Gasteiger partial charge on any atom is 0.211 e. The fourth-order valence-electron chi connectivity index (χ4n) is 3.19. The second-order valence-electron chi connectivity index (χ2n) is 6.54. The summed E-state index contributed by atoms with van der Waals surface area (Å²) in [7, 11) is 0. The normalized spacial score (nSPS) is 12.3. The Morgan fingerprint density at radius 1 is 0.667 bits per heavy atom. The highest BCUT2D eigenvalue weighted by molar-refractivity contribution is 7.07. The predicted molar refractivity (Wildman–Crippen MR) is 127 cm³/mol. The van der Waals surface area contributed by atoms with E-state index >= 15 is 0 Å². The average Bonchev–Trinajstić information content (AvgIpc) is 3.38. The second-order valence-corrected chi connectivity index (χ2v) is 8.21. The highest BCUT2D eigenvalue weighted by Crippen LogP contribution is 2.21. The minimum Gasteiger partial charge on any atom is -0.311 e. The van der Waals surface area contributed by atoms with Crippen molar-refractivity contribution in [2.45, 2.75) is 13.1 Å². The first-order valence-corrected chi connectivity index (χ1v) is 11.3. The number of rotatable bonds is 7. The average molecular weight is 431 g/mol. The monoisotopic (exact) mass is 430 g/mol. The van der Waals surface area contributed by atoms with E-state index < -0.39 is 0 Å². The van der Waals surface area contributed by atoms with Gasteiger partial charge in [0.25, 0.3) is 0 Å². The molecule has 30 heavy (non-hydrogen) atoms. The number of benzene rings is 2. The zero-order chi connectivity index (χ0) is 20.8. The number of aromatic nitrogens is 2. The Bertz CT molecular complexity index is 1170. The van der Waals surface area contributed by atoms with Gasteiger partial charge in [-0.2, -0.15) is 0 Å². The van der Waals surface area contributed by atoms with Crippen LogP contribution >= 0.6 is 22.7 Å². The van der Waals surface area contributed by atoms with Crippen LogP contribution in [-0.2, 0) is 13.1 Å². The third kappa shape index (κ3) is 4.20. The quantitative estimate of drug-likeness (QED) is 0.273. The number of allylic oxidation sites excluding steroid dienone is 2. The molecule has 0 bridgehead atoms. The third-order valence-corrected chi connectivity index (χ3v) is 6.29. The lowest BCUT2D eigenvalue weighted by Crippen LogP contribution is -2.17. The minimum absolute atomic E-state index is 0.675. The van der Waals surface area contributed by atoms with E-state index in [9.17, 15) is 0 Å². The highest BCUT2D eigenvalue weighted by Gasteiger charge is 2.08. The van der Waals surface area contributed by atoms with Crippen LogP contribution in [-0.4, -0.2) is 9.13 Å². The molecule has 4 aromatic rings. The van der Waals surface area contributed by atoms with E-state index in [0.29, 0.717) is 13.1 Å². The molecule has 2 aromatic heterocycles. The van der Waals surface area contributed by atoms with E-state index in [4.69, 9.17) is 0 Å². The molecular formula is C24H22N4S2. The van der Waals surface area contributed by atoms with Gasteiger partial charge in [-0.15, -0.1) is 46.0 Å². The molecule has 6 heteroatoms. The Morgan fingerprint density at radius 3 is 1.43 bits per heavy atom. The fourth-order valence-corrected chi connectivity index (χ4v) is 4.93. The van der Waals surface area contributed by atoms with Crippen LogP contribution in [0.5, 0.6) is 0 Å². The van der Waals surface area contributed by atoms with Gasteiger partial charge >= 0.3 is 0 Å². The summed E-state index contributed by atoms with van der Waals surface area (Å²) in [6, 6.07) is 20.6. The smallest absolute Gasteiger partial charge is 0.211 e. The first kappa shape index (κ1) is 20.1. The van der Waals surface area contributed by atoms with Crippen molar-refractivity contribution < 1.29 is 0 Å². The van der Waals surface area contributed by atoms with Crippen molar-refractivity contribution in [3.05, 3.63) is 106 Å². The lowest BCUT2D eigenvalue weighted by Gasteiger charge is -2.06. The number of hydrogen-bond acceptors (Lipinski definition) is 4. The maximum atomic E-state index is 4.61. The van der Waals surface area contributed by atoms with Crippen molar-refractivity contribution in [1.82, 2.24) is 9.13 Å². The summed E-state index contributed by atoms with van der Waals surface area (Å²) in [5, 5.41) is 13.4. The lowest BCUT2D eigenvalue weighted by atomic mass is 10.2. The Morgan fingerprint density at radius 2 is 1.07 bits per heavy atom. The standard InChI is InChI=1S/C24H22N4S2/c1-3-15-27-21(19-11-7-5-8-12-19)17-29-23(27)25-26-24-28(16-4-2)22(18-30-24)20-13-9-6-10-14-20/h3-14,17-18H,1-2,15-16H2. The van der Waals surface area contributed by atoms with Gasteiger partial charge in [-0.05, 0) is 11.1 Å². The summed E-state index contributed by atoms with van der Waals surface area (Å²) in [5.41, 5.74) is 4.54. The largest absolute Gasteiger partial charge is 0.311 e. The molecule has 0 aliphatic carbocycles. The molecule has 0 saturated heterocycles. The Labute approximate surface area is 183 Å². The maximum absolute atomic E-state index is 4.61. The van der Waals surface area contributed by atoms with Gasteiger partial charge in [-0.1, -0.05) is 72.8 Å². The van der Waals surface area contributed by atoms with Crippen molar-refractivity contribution in [3.8, 4) is 22.5 Å². The molecule has 0 spiro atoms. The Kier molecular flexibility index (Phi) is 6.37. The summed E-state index contributed by atoms with van der Waals surface area (Å²) < 4.78 is 4.28. The number of thiazole rings is 2. The van der Waals surface area contributed by atoms with E-state index in [2.05, 4.69) is 67.5 Å². The van der Waals surface area contributed by atoms with Crippen LogP contribution in [0.15, 0.2) is 107 Å². The van der Waals surface area contributed by atoms with Gasteiger partial charge in [0.1, 0.15) is 0 Å². The fraction of sp³-hybridized carbons (Fsp3) is 0.0833. The molecule has 0 atom stereocenters. The van der Waals surface area contributed by atoms with E-state index in [1.165, 1.54) is 0 Å². The molecule has 0 N–H and O–H groups in total. The van der Waals surface area contributed by atoms with Crippen LogP contribution in [0.2, 0.25) is 0 Å². The van der Waals surface area contributed by atoms with Crippen LogP contribution in [0, 0.1) is 0 Å². The first-order chi connectivity index (χ1) is 14.8. The zero-order valence-corrected chi connectivity index (χ0v) is 18.1. The van der Waals surface area contributed by atoms with E-state index in [0.717, 1.165) is 32.1 Å². The molecule has 0 saturated carbocycles. The summed E-state index contributed by atoms with van der Waals surface area (Å²) in [6.07, 6.45) is 3.77. The SMILES string of the molecule is C=CCn1c(-c2ccccc2)csc1=NN=c1scc(-c2ccccc2)n1CC=C. The van der Waals surface area contributed by atoms with Crippen LogP contribution in [0.4, 0.5) is 0 Å². The summed E-state index contributed by atoms with van der Waals surface area (Å²) in [4.78, 5) is 1.68. The van der Waals surface area contributed by atoms with Crippen LogP contribution < -0.4 is 9.60 Å². The number of nitrogens with zero attached hydrogens (tertiary/aromatic N) is 4. The van der Waals surface area contributed by atoms with E-state index in [1.807, 2.05) is 48.6 Å². The second kappa shape index (κ2) is 9.52. The lowest BCUT2D eigenvalue weighted by molar-refractivity contribution is 0.760. The molecule has 4 nitrogen and oxygen atoms in total. The third-order valence-electron chi connectivity index (χ3n) is 4.58. The van der Waals surface area contributed by atoms with Gasteiger partial charge in [-0.3, -0.25) is 0 Å². The van der Waals surface area contributed by atoms with Gasteiger partial charge in [-0.25, -0.2) is 0 Å². The van der Waals surface area contributed by atoms with Crippen molar-refractivity contribution in [3.63, 3.8) is 0 Å². The van der Waals surface area contributed by atoms with Crippen molar-refractivity contribution in [2.24, 2.45) is 10.2 Å². The van der Waals surface area contributed by atoms with Crippen molar-refractivity contribution >= 4 is 22.7 Å². The molecule has 0 radical (unpaired) electrons. The first-order valence-electron chi connectivity index (χ1n) is 9.59. The summed E-state index contributed by atoms with van der Waals surface area (Å²) in [5.74, 6) is 0. The molecule has 0 amide bonds.